The van der Waals surface area contributed by atoms with Crippen LogP contribution in [0.15, 0.2) is 40.9 Å². The van der Waals surface area contributed by atoms with Crippen molar-refractivity contribution in [1.82, 2.24) is 0 Å². The van der Waals surface area contributed by atoms with Crippen molar-refractivity contribution in [2.75, 3.05) is 0 Å². The van der Waals surface area contributed by atoms with Crippen molar-refractivity contribution in [3.05, 3.63) is 57.6 Å². The van der Waals surface area contributed by atoms with Crippen LogP contribution in [0.3, 0.4) is 0 Å². The normalized spacial score (nSPS) is 10.2. The first-order valence-electron chi connectivity index (χ1n) is 5.60. The fourth-order valence-electron chi connectivity index (χ4n) is 1.75. The molecule has 0 aliphatic carbocycles. The van der Waals surface area contributed by atoms with Crippen LogP contribution in [0.2, 0.25) is 0 Å². The van der Waals surface area contributed by atoms with Crippen LogP contribution < -0.4 is 4.74 Å². The third kappa shape index (κ3) is 2.79. The molecule has 0 fully saturated rings. The molecule has 3 heteroatoms. The Kier molecular flexibility index (Phi) is 3.82. The van der Waals surface area contributed by atoms with Crippen molar-refractivity contribution in [3.8, 4) is 11.5 Å². The van der Waals surface area contributed by atoms with Gasteiger partial charge < -0.3 is 4.74 Å². The summed E-state index contributed by atoms with van der Waals surface area (Å²) in [5.41, 5.74) is 2.85. The van der Waals surface area contributed by atoms with E-state index in [0.29, 0.717) is 11.3 Å². The second kappa shape index (κ2) is 5.36. The lowest BCUT2D eigenvalue weighted by Gasteiger charge is -2.10. The molecule has 2 rings (SSSR count). The second-order valence-electron chi connectivity index (χ2n) is 4.16. The van der Waals surface area contributed by atoms with Crippen molar-refractivity contribution < 1.29 is 9.53 Å². The molecule has 0 heterocycles. The molecule has 0 unspecified atom stereocenters. The fraction of sp³-hybridized carbons (Fsp3) is 0.133. The first-order valence-corrected chi connectivity index (χ1v) is 6.39. The predicted octanol–water partition coefficient (Wildman–Crippen LogP) is 4.67. The third-order valence-electron chi connectivity index (χ3n) is 2.64. The molecule has 0 atom stereocenters. The molecule has 0 saturated heterocycles. The molecule has 0 bridgehead atoms. The molecule has 0 aliphatic heterocycles. The van der Waals surface area contributed by atoms with Crippen molar-refractivity contribution in [1.29, 1.82) is 0 Å². The van der Waals surface area contributed by atoms with Crippen LogP contribution in [-0.2, 0) is 0 Å². The van der Waals surface area contributed by atoms with Gasteiger partial charge >= 0.3 is 0 Å². The number of benzene rings is 2. The van der Waals surface area contributed by atoms with E-state index in [1.54, 1.807) is 18.2 Å². The number of hydrogen-bond acceptors (Lipinski definition) is 2. The number of ether oxygens (including phenoxy) is 1. The van der Waals surface area contributed by atoms with E-state index in [2.05, 4.69) is 15.9 Å². The number of halogens is 1. The first-order chi connectivity index (χ1) is 8.60. The van der Waals surface area contributed by atoms with Crippen molar-refractivity contribution >= 4 is 22.2 Å². The lowest BCUT2D eigenvalue weighted by molar-refractivity contribution is 0.112. The van der Waals surface area contributed by atoms with Gasteiger partial charge in [0.25, 0.3) is 0 Å². The van der Waals surface area contributed by atoms with Crippen molar-refractivity contribution in [2.24, 2.45) is 0 Å². The maximum atomic E-state index is 10.7. The summed E-state index contributed by atoms with van der Waals surface area (Å²) in [7, 11) is 0. The third-order valence-corrected chi connectivity index (χ3v) is 3.89. The average Bonchev–Trinajstić information content (AvgIpc) is 2.36. The zero-order valence-corrected chi connectivity index (χ0v) is 11.8. The summed E-state index contributed by atoms with van der Waals surface area (Å²) in [6, 6.07) is 11.0. The van der Waals surface area contributed by atoms with Crippen LogP contribution in [0.4, 0.5) is 0 Å². The SMILES string of the molecule is Cc1cc(Oc2cccc(C=O)c2)cc(C)c1Br. The topological polar surface area (TPSA) is 26.3 Å². The Balaban J connectivity index is 2.31. The highest BCUT2D eigenvalue weighted by Crippen LogP contribution is 2.29. The largest absolute Gasteiger partial charge is 0.457 e. The molecule has 2 nitrogen and oxygen atoms in total. The molecule has 0 amide bonds. The minimum Gasteiger partial charge on any atom is -0.457 e. The molecule has 92 valence electrons. The van der Waals surface area contributed by atoms with Gasteiger partial charge in [-0.3, -0.25) is 4.79 Å². The molecule has 2 aromatic rings. The van der Waals surface area contributed by atoms with Gasteiger partial charge in [0.1, 0.15) is 17.8 Å². The molecule has 2 aromatic carbocycles. The number of hydrogen-bond donors (Lipinski definition) is 0. The van der Waals surface area contributed by atoms with Crippen LogP contribution in [0.1, 0.15) is 21.5 Å². The minimum absolute atomic E-state index is 0.609. The first kappa shape index (κ1) is 12.8. The maximum absolute atomic E-state index is 10.7. The number of aldehydes is 1. The van der Waals surface area contributed by atoms with Crippen LogP contribution in [0.5, 0.6) is 11.5 Å². The highest BCUT2D eigenvalue weighted by molar-refractivity contribution is 9.10. The predicted molar refractivity (Wildman–Crippen MR) is 75.5 cm³/mol. The molecular weight excluding hydrogens is 292 g/mol. The highest BCUT2D eigenvalue weighted by Gasteiger charge is 2.04. The standard InChI is InChI=1S/C15H13BrO2/c1-10-6-14(7-11(2)15(10)16)18-13-5-3-4-12(8-13)9-17/h3-9H,1-2H3. The lowest BCUT2D eigenvalue weighted by Crippen LogP contribution is -1.89. The summed E-state index contributed by atoms with van der Waals surface area (Å²) >= 11 is 3.52. The molecular formula is C15H13BrO2. The summed E-state index contributed by atoms with van der Waals surface area (Å²) in [6.07, 6.45) is 0.810. The Morgan fingerprint density at radius 1 is 1.06 bits per heavy atom. The van der Waals surface area contributed by atoms with Crippen LogP contribution >= 0.6 is 15.9 Å². The van der Waals surface area contributed by atoms with Gasteiger partial charge in [-0.15, -0.1) is 0 Å². The summed E-state index contributed by atoms with van der Waals surface area (Å²) in [5, 5.41) is 0. The van der Waals surface area contributed by atoms with Gasteiger partial charge in [0, 0.05) is 10.0 Å². The van der Waals surface area contributed by atoms with E-state index in [9.17, 15) is 4.79 Å². The molecule has 0 aliphatic rings. The van der Waals surface area contributed by atoms with Gasteiger partial charge in [0.05, 0.1) is 0 Å². The fourth-order valence-corrected chi connectivity index (χ4v) is 1.98. The van der Waals surface area contributed by atoms with Gasteiger partial charge in [0.15, 0.2) is 0 Å². The number of carbonyl (C=O) groups excluding carboxylic acids is 1. The number of carbonyl (C=O) groups is 1. The molecule has 0 aromatic heterocycles. The zero-order valence-electron chi connectivity index (χ0n) is 10.2. The van der Waals surface area contributed by atoms with Gasteiger partial charge in [-0.25, -0.2) is 0 Å². The second-order valence-corrected chi connectivity index (χ2v) is 4.96. The van der Waals surface area contributed by atoms with Crippen LogP contribution in [0.25, 0.3) is 0 Å². The Bertz CT molecular complexity index is 568. The lowest BCUT2D eigenvalue weighted by atomic mass is 10.1. The van der Waals surface area contributed by atoms with Crippen LogP contribution in [-0.4, -0.2) is 6.29 Å². The van der Waals surface area contributed by atoms with E-state index in [1.807, 2.05) is 32.0 Å². The Labute approximate surface area is 115 Å². The van der Waals surface area contributed by atoms with E-state index < -0.39 is 0 Å². The van der Waals surface area contributed by atoms with E-state index in [1.165, 1.54) is 0 Å². The summed E-state index contributed by atoms with van der Waals surface area (Å²) in [5.74, 6) is 1.44. The van der Waals surface area contributed by atoms with E-state index in [4.69, 9.17) is 4.74 Å². The van der Waals surface area contributed by atoms with E-state index >= 15 is 0 Å². The Hall–Kier alpha value is -1.61. The Morgan fingerprint density at radius 3 is 2.33 bits per heavy atom. The van der Waals surface area contributed by atoms with Crippen molar-refractivity contribution in [3.63, 3.8) is 0 Å². The number of aryl methyl sites for hydroxylation is 2. The quantitative estimate of drug-likeness (QED) is 0.770. The summed E-state index contributed by atoms with van der Waals surface area (Å²) < 4.78 is 6.85. The van der Waals surface area contributed by atoms with Gasteiger partial charge in [0.2, 0.25) is 0 Å². The highest BCUT2D eigenvalue weighted by atomic mass is 79.9. The average molecular weight is 305 g/mol. The molecule has 0 spiro atoms. The van der Waals surface area contributed by atoms with Gasteiger partial charge in [-0.1, -0.05) is 28.1 Å². The monoisotopic (exact) mass is 304 g/mol. The molecule has 0 saturated carbocycles. The maximum Gasteiger partial charge on any atom is 0.150 e. The number of rotatable bonds is 3. The van der Waals surface area contributed by atoms with Crippen molar-refractivity contribution in [2.45, 2.75) is 13.8 Å². The zero-order chi connectivity index (χ0) is 13.1. The minimum atomic E-state index is 0.609. The van der Waals surface area contributed by atoms with E-state index in [-0.39, 0.29) is 0 Å². The smallest absolute Gasteiger partial charge is 0.150 e. The summed E-state index contributed by atoms with van der Waals surface area (Å²) in [4.78, 5) is 10.7. The van der Waals surface area contributed by atoms with Gasteiger partial charge in [-0.2, -0.15) is 0 Å². The molecule has 18 heavy (non-hydrogen) atoms. The van der Waals surface area contributed by atoms with Gasteiger partial charge in [-0.05, 0) is 49.2 Å². The summed E-state index contributed by atoms with van der Waals surface area (Å²) in [6.45, 7) is 4.04. The molecule has 0 N–H and O–H groups in total. The van der Waals surface area contributed by atoms with Crippen LogP contribution in [0, 0.1) is 13.8 Å². The van der Waals surface area contributed by atoms with E-state index in [0.717, 1.165) is 27.6 Å². The molecule has 0 radical (unpaired) electrons. The Morgan fingerprint density at radius 2 is 1.72 bits per heavy atom.